The molecule has 0 heterocycles. The molecule has 4 heteroatoms. The van der Waals surface area contributed by atoms with E-state index in [-0.39, 0.29) is 11.9 Å². The molecule has 3 rings (SSSR count). The second-order valence-corrected chi connectivity index (χ2v) is 7.65. The van der Waals surface area contributed by atoms with E-state index in [4.69, 9.17) is 10.5 Å². The van der Waals surface area contributed by atoms with Crippen molar-refractivity contribution in [3.8, 4) is 5.75 Å². The monoisotopic (exact) mass is 344 g/mol. The van der Waals surface area contributed by atoms with Gasteiger partial charge in [-0.2, -0.15) is 0 Å². The second kappa shape index (κ2) is 8.70. The van der Waals surface area contributed by atoms with Gasteiger partial charge in [-0.05, 0) is 49.8 Å². The first-order valence-electron chi connectivity index (χ1n) is 9.96. The van der Waals surface area contributed by atoms with E-state index in [1.54, 1.807) is 0 Å². The highest BCUT2D eigenvalue weighted by molar-refractivity contribution is 5.80. The molecule has 138 valence electrons. The van der Waals surface area contributed by atoms with Gasteiger partial charge in [0.25, 0.3) is 0 Å². The van der Waals surface area contributed by atoms with Gasteiger partial charge in [-0.1, -0.05) is 38.3 Å². The fourth-order valence-corrected chi connectivity index (χ4v) is 3.60. The minimum absolute atomic E-state index is 0.257. The highest BCUT2D eigenvalue weighted by Crippen LogP contribution is 2.35. The van der Waals surface area contributed by atoms with Crippen molar-refractivity contribution in [3.63, 3.8) is 0 Å². The number of nitrogens with two attached hydrogens (primary N) is 1. The maximum atomic E-state index is 12.7. The zero-order valence-corrected chi connectivity index (χ0v) is 15.5. The third-order valence-electron chi connectivity index (χ3n) is 5.32. The first-order valence-corrected chi connectivity index (χ1v) is 9.96. The molecule has 0 spiro atoms. The molecule has 2 N–H and O–H groups in total. The van der Waals surface area contributed by atoms with Crippen LogP contribution in [0.1, 0.15) is 63.9 Å². The molecule has 0 aromatic heterocycles. The number of hydrogen-bond donors (Lipinski definition) is 1. The molecular formula is C21H32N2O2. The molecule has 2 saturated carbocycles. The van der Waals surface area contributed by atoms with E-state index in [9.17, 15) is 4.79 Å². The number of nitrogens with zero attached hydrogens (tertiary/aromatic N) is 1. The molecular weight excluding hydrogens is 312 g/mol. The Morgan fingerprint density at radius 1 is 1.12 bits per heavy atom. The molecule has 1 aromatic rings. The quantitative estimate of drug-likeness (QED) is 0.659. The Morgan fingerprint density at radius 3 is 2.44 bits per heavy atom. The molecule has 0 saturated heterocycles. The Bertz CT molecular complexity index is 548. The highest BCUT2D eigenvalue weighted by Gasteiger charge is 2.41. The molecule has 0 bridgehead atoms. The average Bonchev–Trinajstić information content (AvgIpc) is 3.40. The van der Waals surface area contributed by atoms with Crippen LogP contribution in [0.2, 0.25) is 0 Å². The van der Waals surface area contributed by atoms with Crippen molar-refractivity contribution in [1.82, 2.24) is 4.90 Å². The van der Waals surface area contributed by atoms with E-state index >= 15 is 0 Å². The Labute approximate surface area is 151 Å². The van der Waals surface area contributed by atoms with Crippen LogP contribution in [-0.4, -0.2) is 35.5 Å². The Balaban J connectivity index is 1.46. The van der Waals surface area contributed by atoms with Crippen LogP contribution < -0.4 is 10.5 Å². The molecule has 4 nitrogen and oxygen atoms in total. The molecule has 25 heavy (non-hydrogen) atoms. The summed E-state index contributed by atoms with van der Waals surface area (Å²) in [6, 6.07) is 9.16. The van der Waals surface area contributed by atoms with Gasteiger partial charge in [0, 0.05) is 18.1 Å². The predicted octanol–water partition coefficient (Wildman–Crippen LogP) is 3.67. The zero-order chi connectivity index (χ0) is 17.6. The SMILES string of the molecule is CCCCCCOc1ccc(CC(=O)N(C2CC2)C2CC(N)C2)cc1. The lowest BCUT2D eigenvalue weighted by Gasteiger charge is -2.41. The average molecular weight is 344 g/mol. The van der Waals surface area contributed by atoms with Crippen LogP contribution in [0.25, 0.3) is 0 Å². The summed E-state index contributed by atoms with van der Waals surface area (Å²) in [5, 5.41) is 0. The van der Waals surface area contributed by atoms with Crippen LogP contribution in [0.15, 0.2) is 24.3 Å². The summed E-state index contributed by atoms with van der Waals surface area (Å²) in [7, 11) is 0. The molecule has 0 radical (unpaired) electrons. The van der Waals surface area contributed by atoms with Gasteiger partial charge in [0.15, 0.2) is 0 Å². The predicted molar refractivity (Wildman–Crippen MR) is 101 cm³/mol. The van der Waals surface area contributed by atoms with Gasteiger partial charge in [0.05, 0.1) is 13.0 Å². The fourth-order valence-electron chi connectivity index (χ4n) is 3.60. The van der Waals surface area contributed by atoms with E-state index in [0.717, 1.165) is 50.0 Å². The third-order valence-corrected chi connectivity index (χ3v) is 5.32. The number of rotatable bonds is 10. The van der Waals surface area contributed by atoms with Gasteiger partial charge < -0.3 is 15.4 Å². The van der Waals surface area contributed by atoms with Crippen molar-refractivity contribution >= 4 is 5.91 Å². The first kappa shape index (κ1) is 18.2. The van der Waals surface area contributed by atoms with Gasteiger partial charge in [-0.15, -0.1) is 0 Å². The van der Waals surface area contributed by atoms with Crippen LogP contribution in [0.5, 0.6) is 5.75 Å². The van der Waals surface area contributed by atoms with E-state index < -0.39 is 0 Å². The number of hydrogen-bond acceptors (Lipinski definition) is 3. The Hall–Kier alpha value is -1.55. The number of amides is 1. The lowest BCUT2D eigenvalue weighted by atomic mass is 9.86. The number of unbranched alkanes of at least 4 members (excludes halogenated alkanes) is 3. The van der Waals surface area contributed by atoms with Gasteiger partial charge >= 0.3 is 0 Å². The van der Waals surface area contributed by atoms with Crippen molar-refractivity contribution in [2.45, 2.75) is 82.8 Å². The summed E-state index contributed by atoms with van der Waals surface area (Å²) in [6.07, 6.45) is 9.57. The Morgan fingerprint density at radius 2 is 1.84 bits per heavy atom. The zero-order valence-electron chi connectivity index (χ0n) is 15.5. The molecule has 2 aliphatic carbocycles. The molecule has 0 aliphatic heterocycles. The smallest absolute Gasteiger partial charge is 0.227 e. The normalized spacial score (nSPS) is 22.3. The fraction of sp³-hybridized carbons (Fsp3) is 0.667. The van der Waals surface area contributed by atoms with Gasteiger partial charge in [0.1, 0.15) is 5.75 Å². The Kier molecular flexibility index (Phi) is 6.35. The third kappa shape index (κ3) is 5.21. The van der Waals surface area contributed by atoms with Crippen LogP contribution in [0, 0.1) is 0 Å². The van der Waals surface area contributed by atoms with Crippen LogP contribution in [0.3, 0.4) is 0 Å². The summed E-state index contributed by atoms with van der Waals surface area (Å²) in [5.41, 5.74) is 6.98. The molecule has 2 fully saturated rings. The van der Waals surface area contributed by atoms with E-state index in [1.165, 1.54) is 19.3 Å². The molecule has 1 amide bonds. The number of carbonyl (C=O) groups excluding carboxylic acids is 1. The lowest BCUT2D eigenvalue weighted by Crippen LogP contribution is -2.54. The topological polar surface area (TPSA) is 55.6 Å². The summed E-state index contributed by atoms with van der Waals surface area (Å²) in [5.74, 6) is 1.16. The summed E-state index contributed by atoms with van der Waals surface area (Å²) in [4.78, 5) is 14.9. The van der Waals surface area contributed by atoms with Crippen LogP contribution in [-0.2, 0) is 11.2 Å². The van der Waals surface area contributed by atoms with Gasteiger partial charge in [0.2, 0.25) is 5.91 Å². The highest BCUT2D eigenvalue weighted by atomic mass is 16.5. The van der Waals surface area contributed by atoms with Crippen molar-refractivity contribution in [2.75, 3.05) is 6.61 Å². The number of carbonyl (C=O) groups is 1. The van der Waals surface area contributed by atoms with Crippen molar-refractivity contribution in [1.29, 1.82) is 0 Å². The lowest BCUT2D eigenvalue weighted by molar-refractivity contribution is -0.135. The summed E-state index contributed by atoms with van der Waals surface area (Å²) >= 11 is 0. The second-order valence-electron chi connectivity index (χ2n) is 7.65. The van der Waals surface area contributed by atoms with Gasteiger partial charge in [-0.25, -0.2) is 0 Å². The standard InChI is InChI=1S/C21H32N2O2/c1-2-3-4-5-12-25-20-10-6-16(7-11-20)13-21(24)23(18-8-9-18)19-14-17(22)15-19/h6-7,10-11,17-19H,2-5,8-9,12-15,22H2,1H3. The molecule has 2 aliphatic rings. The van der Waals surface area contributed by atoms with Gasteiger partial charge in [-0.3, -0.25) is 4.79 Å². The van der Waals surface area contributed by atoms with Crippen LogP contribution >= 0.6 is 0 Å². The van der Waals surface area contributed by atoms with E-state index in [0.29, 0.717) is 18.5 Å². The van der Waals surface area contributed by atoms with Crippen molar-refractivity contribution in [2.24, 2.45) is 5.73 Å². The largest absolute Gasteiger partial charge is 0.494 e. The van der Waals surface area contributed by atoms with Crippen molar-refractivity contribution < 1.29 is 9.53 Å². The molecule has 0 unspecified atom stereocenters. The summed E-state index contributed by atoms with van der Waals surface area (Å²) < 4.78 is 5.78. The van der Waals surface area contributed by atoms with E-state index in [1.807, 2.05) is 24.3 Å². The molecule has 1 aromatic carbocycles. The van der Waals surface area contributed by atoms with Crippen molar-refractivity contribution in [3.05, 3.63) is 29.8 Å². The minimum atomic E-state index is 0.257. The van der Waals surface area contributed by atoms with Crippen LogP contribution in [0.4, 0.5) is 0 Å². The number of benzene rings is 1. The minimum Gasteiger partial charge on any atom is -0.494 e. The maximum absolute atomic E-state index is 12.7. The van der Waals surface area contributed by atoms with E-state index in [2.05, 4.69) is 11.8 Å². The molecule has 0 atom stereocenters. The summed E-state index contributed by atoms with van der Waals surface area (Å²) in [6.45, 7) is 2.99. The first-order chi connectivity index (χ1) is 12.2. The number of ether oxygens (including phenoxy) is 1. The maximum Gasteiger partial charge on any atom is 0.227 e.